The van der Waals surface area contributed by atoms with E-state index in [1.165, 1.54) is 0 Å². The van der Waals surface area contributed by atoms with Crippen LogP contribution in [-0.4, -0.2) is 31.0 Å². The molecule has 5 heteroatoms. The van der Waals surface area contributed by atoms with Gasteiger partial charge in [-0.05, 0) is 24.6 Å². The normalized spacial score (nSPS) is 12.9. The minimum atomic E-state index is -0.582. The zero-order chi connectivity index (χ0) is 14.1. The summed E-state index contributed by atoms with van der Waals surface area (Å²) in [5.74, 6) is 3.08. The second-order valence-electron chi connectivity index (χ2n) is 4.43. The van der Waals surface area contributed by atoms with Gasteiger partial charge in [0, 0.05) is 6.42 Å². The number of hydrogen-bond donors (Lipinski definition) is 2. The highest BCUT2D eigenvalue weighted by molar-refractivity contribution is 5.29. The number of ether oxygens (including phenoxy) is 1. The predicted octanol–water partition coefficient (Wildman–Crippen LogP) is -1.95. The summed E-state index contributed by atoms with van der Waals surface area (Å²) < 4.78 is 17.3. The minimum absolute atomic E-state index is 0. The number of nitrogens with two attached hydrogens (primary N) is 1. The minimum Gasteiger partial charge on any atom is -1.00 e. The molecule has 0 amide bonds. The lowest BCUT2D eigenvalue weighted by molar-refractivity contribution is -0.694. The molecule has 0 spiro atoms. The van der Waals surface area contributed by atoms with Crippen molar-refractivity contribution in [2.45, 2.75) is 25.5 Å². The van der Waals surface area contributed by atoms with Crippen LogP contribution in [0.2, 0.25) is 0 Å². The van der Waals surface area contributed by atoms with E-state index < -0.39 is 6.10 Å². The molecule has 0 saturated heterocycles. The second kappa shape index (κ2) is 10.5. The lowest BCUT2D eigenvalue weighted by atomic mass is 10.0. The first-order chi connectivity index (χ1) is 9.19. The van der Waals surface area contributed by atoms with Gasteiger partial charge in [0.15, 0.2) is 0 Å². The van der Waals surface area contributed by atoms with E-state index in [4.69, 9.17) is 11.2 Å². The number of alkyl halides is 1. The maximum atomic E-state index is 12.0. The quantitative estimate of drug-likeness (QED) is 0.433. The first-order valence-corrected chi connectivity index (χ1v) is 6.42. The smallest absolute Gasteiger partial charge is 0.148 e. The van der Waals surface area contributed by atoms with E-state index in [2.05, 4.69) is 5.92 Å². The van der Waals surface area contributed by atoms with Crippen LogP contribution in [0.15, 0.2) is 24.3 Å². The number of aliphatic hydroxyl groups excluding tert-OH is 1. The molecule has 1 aromatic rings. The van der Waals surface area contributed by atoms with Crippen LogP contribution >= 0.6 is 0 Å². The van der Waals surface area contributed by atoms with Crippen molar-refractivity contribution in [1.82, 2.24) is 0 Å². The van der Waals surface area contributed by atoms with Crippen LogP contribution in [-0.2, 0) is 0 Å². The fraction of sp³-hybridized carbons (Fsp3) is 0.467. The van der Waals surface area contributed by atoms with E-state index in [-0.39, 0.29) is 31.7 Å². The molecule has 1 aromatic carbocycles. The van der Waals surface area contributed by atoms with Crippen LogP contribution in [0.3, 0.4) is 0 Å². The number of terminal acetylenes is 1. The molecule has 0 aliphatic heterocycles. The van der Waals surface area contributed by atoms with Crippen molar-refractivity contribution in [2.24, 2.45) is 0 Å². The fourth-order valence-corrected chi connectivity index (χ4v) is 1.78. The molecule has 20 heavy (non-hydrogen) atoms. The largest absolute Gasteiger partial charge is 1.00 e. The fourth-order valence-electron chi connectivity index (χ4n) is 1.78. The van der Waals surface area contributed by atoms with Crippen LogP contribution in [0.4, 0.5) is 4.39 Å². The van der Waals surface area contributed by atoms with E-state index in [0.717, 1.165) is 5.56 Å². The molecule has 2 atom stereocenters. The molecule has 1 rings (SSSR count). The van der Waals surface area contributed by atoms with Crippen LogP contribution < -0.4 is 22.5 Å². The first-order valence-electron chi connectivity index (χ1n) is 6.42. The van der Waals surface area contributed by atoms with Gasteiger partial charge in [-0.2, -0.15) is 0 Å². The molecule has 0 aliphatic carbocycles. The summed E-state index contributed by atoms with van der Waals surface area (Å²) in [5, 5.41) is 12.1. The van der Waals surface area contributed by atoms with E-state index in [1.807, 2.05) is 24.4 Å². The van der Waals surface area contributed by atoms with Gasteiger partial charge in [0.2, 0.25) is 0 Å². The van der Waals surface area contributed by atoms with Crippen LogP contribution in [0.25, 0.3) is 0 Å². The molecule has 0 saturated carbocycles. The average molecular weight is 302 g/mol. The number of hydrogen-bond acceptors (Lipinski definition) is 2. The summed E-state index contributed by atoms with van der Waals surface area (Å²) >= 11 is 0. The molecule has 0 radical (unpaired) electrons. The monoisotopic (exact) mass is 301 g/mol. The van der Waals surface area contributed by atoms with Gasteiger partial charge in [0.1, 0.15) is 24.5 Å². The molecule has 0 aromatic heterocycles. The molecule has 2 unspecified atom stereocenters. The van der Waals surface area contributed by atoms with Crippen molar-refractivity contribution in [2.75, 3.05) is 19.8 Å². The third kappa shape index (κ3) is 6.25. The topological polar surface area (TPSA) is 46.1 Å². The van der Waals surface area contributed by atoms with Crippen molar-refractivity contribution < 1.29 is 32.0 Å². The Balaban J connectivity index is 0.00000361. The molecule has 0 bridgehead atoms. The summed E-state index contributed by atoms with van der Waals surface area (Å²) in [6.45, 7) is 2.51. The molecule has 3 nitrogen and oxygen atoms in total. The Morgan fingerprint density at radius 3 is 2.60 bits per heavy atom. The Bertz CT molecular complexity index is 405. The van der Waals surface area contributed by atoms with E-state index in [1.54, 1.807) is 12.1 Å². The third-order valence-corrected chi connectivity index (χ3v) is 2.92. The van der Waals surface area contributed by atoms with Gasteiger partial charge in [-0.15, -0.1) is 6.42 Å². The summed E-state index contributed by atoms with van der Waals surface area (Å²) in [6.07, 6.45) is 5.03. The second-order valence-corrected chi connectivity index (χ2v) is 4.43. The lowest BCUT2D eigenvalue weighted by Crippen LogP contribution is -3.00. The predicted molar refractivity (Wildman–Crippen MR) is 72.6 cm³/mol. The molecule has 0 fully saturated rings. The highest BCUT2D eigenvalue weighted by Gasteiger charge is 2.18. The van der Waals surface area contributed by atoms with Crippen molar-refractivity contribution in [3.05, 3.63) is 29.8 Å². The SMILES string of the molecule is C#CCOc1ccc(C(O)C(C)[NH2+]CCCF)cc1.[Cl-]. The molecule has 3 N–H and O–H groups in total. The third-order valence-electron chi connectivity index (χ3n) is 2.92. The average Bonchev–Trinajstić information content (AvgIpc) is 2.45. The highest BCUT2D eigenvalue weighted by Crippen LogP contribution is 2.19. The van der Waals surface area contributed by atoms with Crippen LogP contribution in [0, 0.1) is 12.3 Å². The van der Waals surface area contributed by atoms with Crippen molar-refractivity contribution in [3.8, 4) is 18.1 Å². The zero-order valence-corrected chi connectivity index (χ0v) is 12.3. The Morgan fingerprint density at radius 2 is 2.05 bits per heavy atom. The summed E-state index contributed by atoms with van der Waals surface area (Å²) in [4.78, 5) is 0. The van der Waals surface area contributed by atoms with Gasteiger partial charge in [-0.25, -0.2) is 0 Å². The zero-order valence-electron chi connectivity index (χ0n) is 11.6. The molecule has 0 aliphatic rings. The number of halogens is 2. The van der Waals surface area contributed by atoms with E-state index in [9.17, 15) is 9.50 Å². The van der Waals surface area contributed by atoms with Gasteiger partial charge in [-0.3, -0.25) is 4.39 Å². The Morgan fingerprint density at radius 1 is 1.40 bits per heavy atom. The summed E-state index contributed by atoms with van der Waals surface area (Å²) in [5.41, 5.74) is 0.817. The van der Waals surface area contributed by atoms with Gasteiger partial charge < -0.3 is 27.6 Å². The van der Waals surface area contributed by atoms with Crippen molar-refractivity contribution in [1.29, 1.82) is 0 Å². The van der Waals surface area contributed by atoms with Gasteiger partial charge in [0.05, 0.1) is 13.2 Å². The highest BCUT2D eigenvalue weighted by atomic mass is 35.5. The number of aliphatic hydroxyl groups is 1. The number of benzene rings is 1. The van der Waals surface area contributed by atoms with Crippen LogP contribution in [0.5, 0.6) is 5.75 Å². The Kier molecular flexibility index (Phi) is 9.83. The Hall–Kier alpha value is -1.28. The Labute approximate surface area is 125 Å². The summed E-state index contributed by atoms with van der Waals surface area (Å²) in [7, 11) is 0. The van der Waals surface area contributed by atoms with E-state index >= 15 is 0 Å². The number of rotatable bonds is 8. The van der Waals surface area contributed by atoms with Crippen molar-refractivity contribution in [3.63, 3.8) is 0 Å². The van der Waals surface area contributed by atoms with Crippen molar-refractivity contribution >= 4 is 0 Å². The van der Waals surface area contributed by atoms with Gasteiger partial charge >= 0.3 is 0 Å². The number of quaternary nitrogens is 1. The maximum Gasteiger partial charge on any atom is 0.148 e. The lowest BCUT2D eigenvalue weighted by Gasteiger charge is -2.17. The van der Waals surface area contributed by atoms with Crippen LogP contribution in [0.1, 0.15) is 25.0 Å². The first kappa shape index (κ1) is 18.7. The molecular formula is C15H21ClFNO2. The standard InChI is InChI=1S/C15H20FNO2.ClH/c1-3-11-19-14-7-5-13(6-8-14)15(18)12(2)17-10-4-9-16;/h1,5-8,12,15,17-18H,4,9-11H2,2H3;1H. The molecular weight excluding hydrogens is 281 g/mol. The van der Waals surface area contributed by atoms with E-state index in [0.29, 0.717) is 18.7 Å². The summed E-state index contributed by atoms with van der Waals surface area (Å²) in [6, 6.07) is 7.18. The van der Waals surface area contributed by atoms with Gasteiger partial charge in [-0.1, -0.05) is 18.1 Å². The molecule has 0 heterocycles. The van der Waals surface area contributed by atoms with Gasteiger partial charge in [0.25, 0.3) is 0 Å². The molecule has 112 valence electrons. The maximum absolute atomic E-state index is 12.0.